The van der Waals surface area contributed by atoms with E-state index in [0.29, 0.717) is 12.8 Å². The Kier molecular flexibility index (Phi) is 3.76. The smallest absolute Gasteiger partial charge is 0.228 e. The molecule has 2 aromatic carbocycles. The lowest BCUT2D eigenvalue weighted by atomic mass is 10.1. The van der Waals surface area contributed by atoms with Crippen molar-refractivity contribution in [1.82, 2.24) is 0 Å². The van der Waals surface area contributed by atoms with Gasteiger partial charge in [0, 0.05) is 16.5 Å². The van der Waals surface area contributed by atoms with Crippen molar-refractivity contribution in [2.45, 2.75) is 12.8 Å². The van der Waals surface area contributed by atoms with Crippen molar-refractivity contribution in [2.75, 3.05) is 5.32 Å². The molecule has 1 aliphatic carbocycles. The van der Waals surface area contributed by atoms with Gasteiger partial charge in [-0.15, -0.1) is 0 Å². The Labute approximate surface area is 129 Å². The molecule has 1 atom stereocenters. The maximum absolute atomic E-state index is 13.5. The SMILES string of the molecule is O=C(Nc1cc(F)ccc1F)C1Cc2ccc(Br)cc2C1. The number of carbonyl (C=O) groups is 1. The molecule has 0 aliphatic heterocycles. The summed E-state index contributed by atoms with van der Waals surface area (Å²) in [6, 6.07) is 8.93. The van der Waals surface area contributed by atoms with Gasteiger partial charge in [-0.05, 0) is 48.2 Å². The van der Waals surface area contributed by atoms with E-state index >= 15 is 0 Å². The van der Waals surface area contributed by atoms with Crippen molar-refractivity contribution in [2.24, 2.45) is 5.92 Å². The van der Waals surface area contributed by atoms with Crippen LogP contribution in [0.1, 0.15) is 11.1 Å². The molecule has 0 bridgehead atoms. The van der Waals surface area contributed by atoms with Crippen molar-refractivity contribution >= 4 is 27.5 Å². The molecule has 1 aliphatic rings. The van der Waals surface area contributed by atoms with Crippen molar-refractivity contribution < 1.29 is 13.6 Å². The summed E-state index contributed by atoms with van der Waals surface area (Å²) in [4.78, 5) is 12.2. The topological polar surface area (TPSA) is 29.1 Å². The van der Waals surface area contributed by atoms with Gasteiger partial charge in [0.1, 0.15) is 11.6 Å². The molecule has 21 heavy (non-hydrogen) atoms. The lowest BCUT2D eigenvalue weighted by molar-refractivity contribution is -0.119. The summed E-state index contributed by atoms with van der Waals surface area (Å²) in [7, 11) is 0. The number of halogens is 3. The summed E-state index contributed by atoms with van der Waals surface area (Å²) in [5.74, 6) is -1.75. The van der Waals surface area contributed by atoms with Crippen LogP contribution in [-0.2, 0) is 17.6 Å². The number of fused-ring (bicyclic) bond motifs is 1. The average Bonchev–Trinajstić information content (AvgIpc) is 2.86. The number of anilines is 1. The van der Waals surface area contributed by atoms with Crippen molar-refractivity contribution in [1.29, 1.82) is 0 Å². The van der Waals surface area contributed by atoms with Crippen LogP contribution in [0, 0.1) is 17.6 Å². The highest BCUT2D eigenvalue weighted by Crippen LogP contribution is 2.30. The molecule has 1 amide bonds. The van der Waals surface area contributed by atoms with Crippen LogP contribution in [0.15, 0.2) is 40.9 Å². The van der Waals surface area contributed by atoms with E-state index in [4.69, 9.17) is 0 Å². The molecule has 0 saturated heterocycles. The van der Waals surface area contributed by atoms with Crippen LogP contribution in [0.2, 0.25) is 0 Å². The van der Waals surface area contributed by atoms with Crippen molar-refractivity contribution in [3.8, 4) is 0 Å². The van der Waals surface area contributed by atoms with Gasteiger partial charge in [-0.25, -0.2) is 8.78 Å². The molecular weight excluding hydrogens is 340 g/mol. The van der Waals surface area contributed by atoms with Crippen LogP contribution in [0.4, 0.5) is 14.5 Å². The predicted octanol–water partition coefficient (Wildman–Crippen LogP) is 4.08. The summed E-state index contributed by atoms with van der Waals surface area (Å²) in [6.07, 6.45) is 1.23. The second-order valence-corrected chi connectivity index (χ2v) is 6.05. The van der Waals surface area contributed by atoms with Gasteiger partial charge in [0.15, 0.2) is 0 Å². The zero-order valence-corrected chi connectivity index (χ0v) is 12.6. The highest BCUT2D eigenvalue weighted by atomic mass is 79.9. The third kappa shape index (κ3) is 2.97. The molecule has 1 N–H and O–H groups in total. The normalized spacial score (nSPS) is 16.6. The monoisotopic (exact) mass is 351 g/mol. The number of rotatable bonds is 2. The van der Waals surface area contributed by atoms with Gasteiger partial charge < -0.3 is 5.32 Å². The minimum absolute atomic E-state index is 0.114. The maximum Gasteiger partial charge on any atom is 0.228 e. The van der Waals surface area contributed by atoms with Gasteiger partial charge in [-0.1, -0.05) is 22.0 Å². The molecule has 0 saturated carbocycles. The third-order valence-corrected chi connectivity index (χ3v) is 4.15. The van der Waals surface area contributed by atoms with Gasteiger partial charge in [0.05, 0.1) is 5.69 Å². The number of hydrogen-bond donors (Lipinski definition) is 1. The van der Waals surface area contributed by atoms with Crippen LogP contribution in [-0.4, -0.2) is 5.91 Å². The van der Waals surface area contributed by atoms with Crippen LogP contribution in [0.25, 0.3) is 0 Å². The van der Waals surface area contributed by atoms with E-state index in [2.05, 4.69) is 21.2 Å². The molecule has 1 unspecified atom stereocenters. The quantitative estimate of drug-likeness (QED) is 0.867. The maximum atomic E-state index is 13.5. The molecule has 5 heteroatoms. The zero-order valence-electron chi connectivity index (χ0n) is 11.0. The Hall–Kier alpha value is -1.75. The van der Waals surface area contributed by atoms with Crippen LogP contribution in [0.5, 0.6) is 0 Å². The number of benzene rings is 2. The first-order chi connectivity index (χ1) is 10.0. The Morgan fingerprint density at radius 1 is 1.10 bits per heavy atom. The lowest BCUT2D eigenvalue weighted by Crippen LogP contribution is -2.23. The molecule has 0 spiro atoms. The van der Waals surface area contributed by atoms with Gasteiger partial charge in [0.25, 0.3) is 0 Å². The number of nitrogens with one attached hydrogen (secondary N) is 1. The van der Waals surface area contributed by atoms with Gasteiger partial charge in [-0.2, -0.15) is 0 Å². The minimum atomic E-state index is -0.636. The second-order valence-electron chi connectivity index (χ2n) is 5.13. The average molecular weight is 352 g/mol. The number of carbonyl (C=O) groups excluding carboxylic acids is 1. The first kappa shape index (κ1) is 14.2. The fourth-order valence-corrected chi connectivity index (χ4v) is 3.01. The van der Waals surface area contributed by atoms with E-state index in [-0.39, 0.29) is 17.5 Å². The molecule has 0 heterocycles. The Bertz CT molecular complexity index is 717. The summed E-state index contributed by atoms with van der Waals surface area (Å²) in [5.41, 5.74) is 2.12. The Morgan fingerprint density at radius 2 is 1.86 bits per heavy atom. The molecule has 0 fully saturated rings. The molecule has 0 radical (unpaired) electrons. The molecule has 0 aromatic heterocycles. The Balaban J connectivity index is 1.74. The van der Waals surface area contributed by atoms with Crippen LogP contribution < -0.4 is 5.32 Å². The summed E-state index contributed by atoms with van der Waals surface area (Å²) >= 11 is 3.40. The first-order valence-corrected chi connectivity index (χ1v) is 7.35. The van der Waals surface area contributed by atoms with Gasteiger partial charge in [0.2, 0.25) is 5.91 Å². The van der Waals surface area contributed by atoms with E-state index in [0.717, 1.165) is 33.8 Å². The number of amides is 1. The summed E-state index contributed by atoms with van der Waals surface area (Å²) in [6.45, 7) is 0. The minimum Gasteiger partial charge on any atom is -0.323 e. The van der Waals surface area contributed by atoms with E-state index in [1.807, 2.05) is 18.2 Å². The molecule has 108 valence electrons. The highest BCUT2D eigenvalue weighted by molar-refractivity contribution is 9.10. The molecule has 3 rings (SSSR count). The largest absolute Gasteiger partial charge is 0.323 e. The molecule has 2 aromatic rings. The second kappa shape index (κ2) is 5.56. The van der Waals surface area contributed by atoms with Crippen molar-refractivity contribution in [3.05, 3.63) is 63.6 Å². The van der Waals surface area contributed by atoms with E-state index < -0.39 is 11.6 Å². The third-order valence-electron chi connectivity index (χ3n) is 3.66. The fourth-order valence-electron chi connectivity index (χ4n) is 2.60. The standard InChI is InChI=1S/C16H12BrF2NO/c17-12-2-1-9-5-11(6-10(9)7-12)16(21)20-15-8-13(18)3-4-14(15)19/h1-4,7-8,11H,5-6H2,(H,20,21). The van der Waals surface area contributed by atoms with Crippen molar-refractivity contribution in [3.63, 3.8) is 0 Å². The van der Waals surface area contributed by atoms with E-state index in [9.17, 15) is 13.6 Å². The molecule has 2 nitrogen and oxygen atoms in total. The lowest BCUT2D eigenvalue weighted by Gasteiger charge is -2.11. The Morgan fingerprint density at radius 3 is 2.67 bits per heavy atom. The van der Waals surface area contributed by atoms with E-state index in [1.165, 1.54) is 0 Å². The zero-order chi connectivity index (χ0) is 15.0. The van der Waals surface area contributed by atoms with Gasteiger partial charge >= 0.3 is 0 Å². The number of hydrogen-bond acceptors (Lipinski definition) is 1. The fraction of sp³-hybridized carbons (Fsp3) is 0.188. The van der Waals surface area contributed by atoms with Crippen LogP contribution >= 0.6 is 15.9 Å². The summed E-state index contributed by atoms with van der Waals surface area (Å²) < 4.78 is 27.6. The van der Waals surface area contributed by atoms with Crippen LogP contribution in [0.3, 0.4) is 0 Å². The van der Waals surface area contributed by atoms with Gasteiger partial charge in [-0.3, -0.25) is 4.79 Å². The first-order valence-electron chi connectivity index (χ1n) is 6.56. The summed E-state index contributed by atoms with van der Waals surface area (Å²) in [5, 5.41) is 2.48. The predicted molar refractivity (Wildman–Crippen MR) is 80.0 cm³/mol. The van der Waals surface area contributed by atoms with E-state index in [1.54, 1.807) is 0 Å². The highest BCUT2D eigenvalue weighted by Gasteiger charge is 2.28. The molecular formula is C16H12BrF2NO.